The Bertz CT molecular complexity index is 628. The molecule has 126 valence electrons. The van der Waals surface area contributed by atoms with Gasteiger partial charge in [0, 0.05) is 5.19 Å². The van der Waals surface area contributed by atoms with E-state index in [0.717, 1.165) is 0 Å². The van der Waals surface area contributed by atoms with Crippen molar-refractivity contribution in [1.29, 1.82) is 0 Å². The van der Waals surface area contributed by atoms with Crippen LogP contribution < -0.4 is 10.4 Å². The zero-order chi connectivity index (χ0) is 17.7. The first-order valence-electron chi connectivity index (χ1n) is 7.24. The van der Waals surface area contributed by atoms with Crippen LogP contribution in [0.1, 0.15) is 0 Å². The Balaban J connectivity index is 0.000000253. The molecule has 0 aliphatic rings. The van der Waals surface area contributed by atoms with Crippen LogP contribution in [0.2, 0.25) is 26.2 Å². The van der Waals surface area contributed by atoms with Gasteiger partial charge in [-0.15, -0.1) is 0 Å². The second-order valence-corrected chi connectivity index (χ2v) is 11.6. The lowest BCUT2D eigenvalue weighted by molar-refractivity contribution is 0.384. The van der Waals surface area contributed by atoms with Gasteiger partial charge in [-0.25, -0.2) is 22.0 Å². The minimum atomic E-state index is -2.10. The molecular formula is C16H19F5Si2. The monoisotopic (exact) mass is 362 g/mol. The summed E-state index contributed by atoms with van der Waals surface area (Å²) in [4.78, 5) is 0. The van der Waals surface area contributed by atoms with E-state index in [0.29, 0.717) is 0 Å². The molecule has 0 nitrogen and oxygen atoms in total. The van der Waals surface area contributed by atoms with Gasteiger partial charge in [-0.2, -0.15) is 0 Å². The van der Waals surface area contributed by atoms with Crippen LogP contribution in [0.5, 0.6) is 0 Å². The lowest BCUT2D eigenvalue weighted by Gasteiger charge is -2.09. The van der Waals surface area contributed by atoms with Crippen LogP contribution in [0.15, 0.2) is 30.3 Å². The van der Waals surface area contributed by atoms with Gasteiger partial charge in [0.15, 0.2) is 23.3 Å². The highest BCUT2D eigenvalue weighted by Crippen LogP contribution is 2.16. The molecule has 0 fully saturated rings. The van der Waals surface area contributed by atoms with E-state index in [1.807, 2.05) is 0 Å². The minimum absolute atomic E-state index is 0.529. The molecule has 7 heteroatoms. The minimum Gasteiger partial charge on any atom is -0.204 e. The standard InChI is InChI=1S/C8H7F5Si.C8H12Si/c1-14(2)8-6(12)4(10)3(9)5(11)7(8)13;1-9(2)8-6-4-3-5-7-8/h14H,1-2H3;3-7,9H,1-2H3. The van der Waals surface area contributed by atoms with Gasteiger partial charge in [0.05, 0.1) is 17.6 Å². The Kier molecular flexibility index (Phi) is 7.14. The summed E-state index contributed by atoms with van der Waals surface area (Å²) in [6.45, 7) is 7.65. The highest BCUT2D eigenvalue weighted by Gasteiger charge is 2.26. The van der Waals surface area contributed by atoms with Crippen LogP contribution in [0.4, 0.5) is 22.0 Å². The maximum absolute atomic E-state index is 13.0. The molecule has 2 aromatic rings. The average molecular weight is 362 g/mol. The Hall–Kier alpha value is -1.48. The molecule has 2 aromatic carbocycles. The maximum atomic E-state index is 13.0. The van der Waals surface area contributed by atoms with Gasteiger partial charge in [-0.3, -0.25) is 0 Å². The van der Waals surface area contributed by atoms with Crippen LogP contribution >= 0.6 is 0 Å². The molecule has 0 bridgehead atoms. The second-order valence-electron chi connectivity index (χ2n) is 5.70. The molecule has 0 aliphatic heterocycles. The van der Waals surface area contributed by atoms with Crippen LogP contribution in [-0.2, 0) is 0 Å². The summed E-state index contributed by atoms with van der Waals surface area (Å²) < 4.78 is 63.7. The molecule has 0 heterocycles. The van der Waals surface area contributed by atoms with Crippen LogP contribution in [0, 0.1) is 29.1 Å². The molecule has 0 spiro atoms. The molecule has 0 N–H and O–H groups in total. The molecule has 0 amide bonds. The maximum Gasteiger partial charge on any atom is 0.200 e. The van der Waals surface area contributed by atoms with E-state index in [2.05, 4.69) is 43.4 Å². The summed E-state index contributed by atoms with van der Waals surface area (Å²) in [7, 11) is -2.61. The zero-order valence-corrected chi connectivity index (χ0v) is 15.7. The highest BCUT2D eigenvalue weighted by molar-refractivity contribution is 6.71. The molecule has 0 unspecified atom stereocenters. The Morgan fingerprint density at radius 1 is 0.565 bits per heavy atom. The number of halogens is 5. The van der Waals surface area contributed by atoms with Crippen molar-refractivity contribution in [2.24, 2.45) is 0 Å². The van der Waals surface area contributed by atoms with Crippen molar-refractivity contribution >= 4 is 28.0 Å². The highest BCUT2D eigenvalue weighted by atomic mass is 28.3. The van der Waals surface area contributed by atoms with Gasteiger partial charge in [-0.05, 0) is 0 Å². The van der Waals surface area contributed by atoms with Gasteiger partial charge in [0.2, 0.25) is 5.82 Å². The fourth-order valence-electron chi connectivity index (χ4n) is 1.97. The molecule has 2 rings (SSSR count). The summed E-state index contributed by atoms with van der Waals surface area (Å²) in [6, 6.07) is 10.7. The summed E-state index contributed by atoms with van der Waals surface area (Å²) in [6.07, 6.45) is 0. The van der Waals surface area contributed by atoms with Crippen molar-refractivity contribution in [3.05, 3.63) is 59.4 Å². The fraction of sp³-hybridized carbons (Fsp3) is 0.250. The topological polar surface area (TPSA) is 0 Å². The van der Waals surface area contributed by atoms with Crippen molar-refractivity contribution in [2.75, 3.05) is 0 Å². The summed E-state index contributed by atoms with van der Waals surface area (Å²) in [5.41, 5.74) is 0. The van der Waals surface area contributed by atoms with Crippen molar-refractivity contribution in [1.82, 2.24) is 0 Å². The SMILES string of the molecule is C[SiH](C)c1c(F)c(F)c(F)c(F)c1F.C[SiH](C)c1ccccc1. The number of hydrogen-bond acceptors (Lipinski definition) is 0. The summed E-state index contributed by atoms with van der Waals surface area (Å²) >= 11 is 0. The van der Waals surface area contributed by atoms with E-state index in [4.69, 9.17) is 0 Å². The predicted octanol–water partition coefficient (Wildman–Crippen LogP) is 3.46. The van der Waals surface area contributed by atoms with Gasteiger partial charge in [0.1, 0.15) is 0 Å². The molecular weight excluding hydrogens is 343 g/mol. The van der Waals surface area contributed by atoms with E-state index in [1.54, 1.807) is 5.19 Å². The number of rotatable bonds is 2. The van der Waals surface area contributed by atoms with Gasteiger partial charge >= 0.3 is 0 Å². The average Bonchev–Trinajstić information content (AvgIpc) is 2.52. The zero-order valence-electron chi connectivity index (χ0n) is 13.4. The van der Waals surface area contributed by atoms with Gasteiger partial charge in [0.25, 0.3) is 0 Å². The molecule has 23 heavy (non-hydrogen) atoms. The predicted molar refractivity (Wildman–Crippen MR) is 89.7 cm³/mol. The first-order valence-corrected chi connectivity index (χ1v) is 13.0. The summed E-state index contributed by atoms with van der Waals surface area (Å²) in [5, 5.41) is 0.916. The third-order valence-electron chi connectivity index (χ3n) is 3.29. The molecule has 0 atom stereocenters. The molecule has 0 saturated heterocycles. The van der Waals surface area contributed by atoms with Crippen LogP contribution in [0.3, 0.4) is 0 Å². The lowest BCUT2D eigenvalue weighted by Crippen LogP contribution is -2.33. The van der Waals surface area contributed by atoms with E-state index >= 15 is 0 Å². The largest absolute Gasteiger partial charge is 0.204 e. The van der Waals surface area contributed by atoms with Crippen molar-refractivity contribution in [3.63, 3.8) is 0 Å². The first kappa shape index (κ1) is 19.6. The van der Waals surface area contributed by atoms with E-state index < -0.39 is 51.9 Å². The number of benzene rings is 2. The Morgan fingerprint density at radius 2 is 0.957 bits per heavy atom. The smallest absolute Gasteiger partial charge is 0.200 e. The Labute approximate surface area is 136 Å². The van der Waals surface area contributed by atoms with Gasteiger partial charge < -0.3 is 0 Å². The van der Waals surface area contributed by atoms with E-state index in [1.165, 1.54) is 13.1 Å². The Morgan fingerprint density at radius 3 is 1.26 bits per heavy atom. The van der Waals surface area contributed by atoms with Crippen molar-refractivity contribution in [3.8, 4) is 0 Å². The third kappa shape index (κ3) is 4.75. The van der Waals surface area contributed by atoms with Crippen LogP contribution in [-0.4, -0.2) is 17.6 Å². The normalized spacial score (nSPS) is 10.7. The third-order valence-corrected chi connectivity index (χ3v) is 6.67. The van der Waals surface area contributed by atoms with E-state index in [-0.39, 0.29) is 0 Å². The number of hydrogen-bond donors (Lipinski definition) is 0. The molecule has 0 radical (unpaired) electrons. The fourth-order valence-corrected chi connectivity index (χ4v) is 4.23. The first-order chi connectivity index (χ1) is 10.7. The van der Waals surface area contributed by atoms with Crippen molar-refractivity contribution < 1.29 is 22.0 Å². The van der Waals surface area contributed by atoms with E-state index in [9.17, 15) is 22.0 Å². The summed E-state index contributed by atoms with van der Waals surface area (Å²) in [5.74, 6) is -9.20. The molecule has 0 saturated carbocycles. The molecule has 0 aromatic heterocycles. The van der Waals surface area contributed by atoms with Gasteiger partial charge in [-0.1, -0.05) is 61.7 Å². The quantitative estimate of drug-likeness (QED) is 0.332. The second kappa shape index (κ2) is 8.40. The van der Waals surface area contributed by atoms with Crippen molar-refractivity contribution in [2.45, 2.75) is 26.2 Å². The van der Waals surface area contributed by atoms with Crippen LogP contribution in [0.25, 0.3) is 0 Å². The molecule has 0 aliphatic carbocycles. The lowest BCUT2D eigenvalue weighted by atomic mass is 10.3.